The number of hydrogen-bond acceptors (Lipinski definition) is 5. The van der Waals surface area contributed by atoms with E-state index in [1.54, 1.807) is 0 Å². The third-order valence-corrected chi connectivity index (χ3v) is 3.47. The molecule has 1 aromatic rings. The summed E-state index contributed by atoms with van der Waals surface area (Å²) in [4.78, 5) is 2.43. The summed E-state index contributed by atoms with van der Waals surface area (Å²) in [6.07, 6.45) is 0. The highest BCUT2D eigenvalue weighted by molar-refractivity contribution is 5.44. The fraction of sp³-hybridized carbons (Fsp3) is 0.571. The molecule has 2 aliphatic rings. The van der Waals surface area contributed by atoms with E-state index in [-0.39, 0.29) is 0 Å². The van der Waals surface area contributed by atoms with Gasteiger partial charge in [0, 0.05) is 32.7 Å². The lowest BCUT2D eigenvalue weighted by Gasteiger charge is -2.26. The van der Waals surface area contributed by atoms with Gasteiger partial charge < -0.3 is 19.5 Å². The van der Waals surface area contributed by atoms with E-state index in [0.29, 0.717) is 6.79 Å². The van der Waals surface area contributed by atoms with E-state index in [2.05, 4.69) is 16.3 Å². The van der Waals surface area contributed by atoms with Gasteiger partial charge in [0.1, 0.15) is 0 Å². The van der Waals surface area contributed by atoms with Gasteiger partial charge >= 0.3 is 0 Å². The first kappa shape index (κ1) is 12.7. The molecule has 0 radical (unpaired) electrons. The maximum Gasteiger partial charge on any atom is 0.231 e. The van der Waals surface area contributed by atoms with Crippen LogP contribution in [-0.2, 0) is 11.3 Å². The third kappa shape index (κ3) is 3.37. The molecule has 0 aromatic heterocycles. The highest BCUT2D eigenvalue weighted by Crippen LogP contribution is 2.32. The second-order valence-electron chi connectivity index (χ2n) is 4.82. The average molecular weight is 264 g/mol. The molecule has 5 heteroatoms. The number of morpholine rings is 1. The Kier molecular flexibility index (Phi) is 4.17. The van der Waals surface area contributed by atoms with Gasteiger partial charge in [0.2, 0.25) is 6.79 Å². The fourth-order valence-electron chi connectivity index (χ4n) is 2.35. The smallest absolute Gasteiger partial charge is 0.231 e. The van der Waals surface area contributed by atoms with Crippen LogP contribution in [0.5, 0.6) is 11.5 Å². The molecule has 0 amide bonds. The summed E-state index contributed by atoms with van der Waals surface area (Å²) in [6, 6.07) is 6.10. The molecule has 1 fully saturated rings. The van der Waals surface area contributed by atoms with Gasteiger partial charge in [0.15, 0.2) is 11.5 Å². The summed E-state index contributed by atoms with van der Waals surface area (Å²) < 4.78 is 16.0. The van der Waals surface area contributed by atoms with Crippen LogP contribution in [0.25, 0.3) is 0 Å². The van der Waals surface area contributed by atoms with Crippen molar-refractivity contribution < 1.29 is 14.2 Å². The van der Waals surface area contributed by atoms with Gasteiger partial charge in [0.05, 0.1) is 13.2 Å². The van der Waals surface area contributed by atoms with E-state index in [1.807, 2.05) is 12.1 Å². The van der Waals surface area contributed by atoms with Crippen molar-refractivity contribution in [3.8, 4) is 11.5 Å². The molecule has 0 unspecified atom stereocenters. The Labute approximate surface area is 113 Å². The van der Waals surface area contributed by atoms with Crippen LogP contribution in [0.2, 0.25) is 0 Å². The lowest BCUT2D eigenvalue weighted by Crippen LogP contribution is -2.40. The second-order valence-corrected chi connectivity index (χ2v) is 4.82. The second kappa shape index (κ2) is 6.23. The molecule has 0 aliphatic carbocycles. The first-order valence-corrected chi connectivity index (χ1v) is 6.81. The number of nitrogens with one attached hydrogen (secondary N) is 1. The first-order valence-electron chi connectivity index (χ1n) is 6.81. The van der Waals surface area contributed by atoms with Crippen LogP contribution < -0.4 is 14.8 Å². The summed E-state index contributed by atoms with van der Waals surface area (Å²) in [5.74, 6) is 1.70. The Balaban J connectivity index is 1.40. The molecule has 0 saturated carbocycles. The minimum absolute atomic E-state index is 0.337. The average Bonchev–Trinajstić information content (AvgIpc) is 2.92. The maximum absolute atomic E-state index is 5.37. The standard InChI is InChI=1S/C14H20N2O3/c1-2-13-14(19-11-18-13)9-12(1)10-15-3-4-16-5-7-17-8-6-16/h1-2,9,15H,3-8,10-11H2. The quantitative estimate of drug-likeness (QED) is 0.798. The Morgan fingerprint density at radius 3 is 2.84 bits per heavy atom. The van der Waals surface area contributed by atoms with E-state index in [0.717, 1.165) is 57.4 Å². The lowest BCUT2D eigenvalue weighted by atomic mass is 10.2. The van der Waals surface area contributed by atoms with Gasteiger partial charge in [-0.2, -0.15) is 0 Å². The Bertz CT molecular complexity index is 419. The van der Waals surface area contributed by atoms with E-state index in [4.69, 9.17) is 14.2 Å². The van der Waals surface area contributed by atoms with Gasteiger partial charge in [-0.3, -0.25) is 4.90 Å². The van der Waals surface area contributed by atoms with Crippen molar-refractivity contribution in [1.29, 1.82) is 0 Å². The van der Waals surface area contributed by atoms with Crippen LogP contribution in [-0.4, -0.2) is 51.1 Å². The van der Waals surface area contributed by atoms with Gasteiger partial charge in [-0.1, -0.05) is 6.07 Å². The zero-order valence-corrected chi connectivity index (χ0v) is 11.1. The molecular formula is C14H20N2O3. The normalized spacial score (nSPS) is 18.7. The van der Waals surface area contributed by atoms with Crippen molar-refractivity contribution in [2.45, 2.75) is 6.54 Å². The van der Waals surface area contributed by atoms with Crippen LogP contribution in [0.1, 0.15) is 5.56 Å². The molecule has 0 bridgehead atoms. The van der Waals surface area contributed by atoms with Gasteiger partial charge in [-0.05, 0) is 17.7 Å². The molecule has 2 aliphatic heterocycles. The largest absolute Gasteiger partial charge is 0.454 e. The summed E-state index contributed by atoms with van der Waals surface area (Å²) >= 11 is 0. The number of benzene rings is 1. The van der Waals surface area contributed by atoms with E-state index < -0.39 is 0 Å². The van der Waals surface area contributed by atoms with Crippen molar-refractivity contribution in [2.24, 2.45) is 0 Å². The molecule has 0 spiro atoms. The SMILES string of the molecule is c1cc2c(cc1CNCCN1CCOCC1)OCO2. The van der Waals surface area contributed by atoms with Gasteiger partial charge in [-0.15, -0.1) is 0 Å². The van der Waals surface area contributed by atoms with Crippen LogP contribution >= 0.6 is 0 Å². The minimum atomic E-state index is 0.337. The summed E-state index contributed by atoms with van der Waals surface area (Å²) in [5.41, 5.74) is 1.23. The third-order valence-electron chi connectivity index (χ3n) is 3.47. The molecule has 1 aromatic carbocycles. The zero-order chi connectivity index (χ0) is 12.9. The Morgan fingerprint density at radius 2 is 1.95 bits per heavy atom. The van der Waals surface area contributed by atoms with E-state index in [1.165, 1.54) is 5.56 Å². The lowest BCUT2D eigenvalue weighted by molar-refractivity contribution is 0.0384. The minimum Gasteiger partial charge on any atom is -0.454 e. The molecule has 1 N–H and O–H groups in total. The first-order chi connectivity index (χ1) is 9.42. The summed E-state index contributed by atoms with van der Waals surface area (Å²) in [6.45, 7) is 7.09. The number of hydrogen-bond donors (Lipinski definition) is 1. The zero-order valence-electron chi connectivity index (χ0n) is 11.1. The predicted octanol–water partition coefficient (Wildman–Crippen LogP) is 0.837. The van der Waals surface area contributed by atoms with Crippen LogP contribution in [0.15, 0.2) is 18.2 Å². The summed E-state index contributed by atoms with van der Waals surface area (Å²) in [5, 5.41) is 3.46. The Hall–Kier alpha value is -1.30. The van der Waals surface area contributed by atoms with Crippen LogP contribution in [0.4, 0.5) is 0 Å². The molecule has 19 heavy (non-hydrogen) atoms. The van der Waals surface area contributed by atoms with E-state index in [9.17, 15) is 0 Å². The Morgan fingerprint density at radius 1 is 1.11 bits per heavy atom. The number of fused-ring (bicyclic) bond motifs is 1. The molecular weight excluding hydrogens is 244 g/mol. The van der Waals surface area contributed by atoms with Crippen LogP contribution in [0, 0.1) is 0 Å². The van der Waals surface area contributed by atoms with Crippen LogP contribution in [0.3, 0.4) is 0 Å². The number of nitrogens with zero attached hydrogens (tertiary/aromatic N) is 1. The molecule has 0 atom stereocenters. The van der Waals surface area contributed by atoms with Gasteiger partial charge in [0.25, 0.3) is 0 Å². The maximum atomic E-state index is 5.37. The van der Waals surface area contributed by atoms with Crippen molar-refractivity contribution in [2.75, 3.05) is 46.2 Å². The van der Waals surface area contributed by atoms with Gasteiger partial charge in [-0.25, -0.2) is 0 Å². The highest BCUT2D eigenvalue weighted by Gasteiger charge is 2.13. The van der Waals surface area contributed by atoms with Crippen molar-refractivity contribution in [1.82, 2.24) is 10.2 Å². The molecule has 3 rings (SSSR count). The van der Waals surface area contributed by atoms with E-state index >= 15 is 0 Å². The predicted molar refractivity (Wildman–Crippen MR) is 71.5 cm³/mol. The monoisotopic (exact) mass is 264 g/mol. The summed E-state index contributed by atoms with van der Waals surface area (Å²) in [7, 11) is 0. The van der Waals surface area contributed by atoms with Crippen molar-refractivity contribution >= 4 is 0 Å². The fourth-order valence-corrected chi connectivity index (χ4v) is 2.35. The molecule has 2 heterocycles. The van der Waals surface area contributed by atoms with Crippen molar-refractivity contribution in [3.05, 3.63) is 23.8 Å². The number of rotatable bonds is 5. The van der Waals surface area contributed by atoms with Crippen molar-refractivity contribution in [3.63, 3.8) is 0 Å². The topological polar surface area (TPSA) is 43.0 Å². The molecule has 5 nitrogen and oxygen atoms in total. The highest BCUT2D eigenvalue weighted by atomic mass is 16.7. The number of ether oxygens (including phenoxy) is 3. The molecule has 1 saturated heterocycles. The molecule has 104 valence electrons.